The molecule has 3 nitrogen and oxygen atoms in total. The van der Waals surface area contributed by atoms with Crippen LogP contribution in [0.15, 0.2) is 36.4 Å². The van der Waals surface area contributed by atoms with E-state index in [1.165, 1.54) is 12.1 Å². The average molecular weight is 530 g/mol. The summed E-state index contributed by atoms with van der Waals surface area (Å²) < 4.78 is 92.5. The molecule has 0 saturated heterocycles. The van der Waals surface area contributed by atoms with Crippen LogP contribution in [0, 0.1) is 0 Å². The topological polar surface area (TPSA) is 35.5 Å². The van der Waals surface area contributed by atoms with Gasteiger partial charge in [-0.3, -0.25) is 4.79 Å². The summed E-state index contributed by atoms with van der Waals surface area (Å²) in [6, 6.07) is 6.17. The van der Waals surface area contributed by atoms with Crippen LogP contribution in [-0.4, -0.2) is 37.6 Å². The second kappa shape index (κ2) is 14.9. The van der Waals surface area contributed by atoms with Crippen molar-refractivity contribution in [3.8, 4) is 11.5 Å². The van der Waals surface area contributed by atoms with E-state index in [9.17, 15) is 31.1 Å². The zero-order valence-corrected chi connectivity index (χ0v) is 20.6. The summed E-state index contributed by atoms with van der Waals surface area (Å²) in [7, 11) is -1.00. The van der Waals surface area contributed by atoms with Crippen molar-refractivity contribution in [3.05, 3.63) is 53.1 Å². The van der Waals surface area contributed by atoms with Gasteiger partial charge in [-0.25, -0.2) is 0 Å². The van der Waals surface area contributed by atoms with Crippen LogP contribution in [0.25, 0.3) is 0 Å². The van der Waals surface area contributed by atoms with Crippen molar-refractivity contribution in [2.75, 3.05) is 13.2 Å². The Balaban J connectivity index is 0.00000648. The summed E-state index contributed by atoms with van der Waals surface area (Å²) in [6.45, 7) is 4.81. The molecule has 0 aliphatic heterocycles. The van der Waals surface area contributed by atoms with Gasteiger partial charge in [0.25, 0.3) is 0 Å². The maximum atomic E-state index is 13.5. The third-order valence-electron chi connectivity index (χ3n) is 5.13. The fraction of sp³-hybridized carbons (Fsp3) is 0.480. The van der Waals surface area contributed by atoms with Gasteiger partial charge in [0.05, 0.1) is 24.3 Å². The van der Waals surface area contributed by atoms with Gasteiger partial charge < -0.3 is 9.47 Å². The van der Waals surface area contributed by atoms with Crippen molar-refractivity contribution in [1.29, 1.82) is 0 Å². The number of carbonyl (C=O) groups is 1. The number of hydrogen-bond donors (Lipinski definition) is 0. The number of halogens is 6. The SMILES string of the molecule is CCCCCOc1ccc(PC(=O)c2c(C(F)(F)F)cccc2C(F)(F)F)c(OCCCCC)c1.[LiH]. The fourth-order valence-corrected chi connectivity index (χ4v) is 4.42. The van der Waals surface area contributed by atoms with E-state index in [1.807, 2.05) is 6.92 Å². The van der Waals surface area contributed by atoms with Crippen LogP contribution in [0.2, 0.25) is 0 Å². The summed E-state index contributed by atoms with van der Waals surface area (Å²) in [5, 5.41) is 0.220. The molecule has 0 bridgehead atoms. The standard InChI is InChI=1S/C25H29F6O3P.Li.H/c1-3-5-7-14-33-17-12-13-21(20(16-17)34-15-8-6-4-2)35-23(32)22-18(24(26,27)28)10-9-11-19(22)25(29,30)31;;/h9-13,16,35H,3-8,14-15H2,1-2H3;;. The van der Waals surface area contributed by atoms with E-state index in [1.54, 1.807) is 6.07 Å². The van der Waals surface area contributed by atoms with Gasteiger partial charge in [0.15, 0.2) is 5.52 Å². The maximum absolute atomic E-state index is 13.5. The van der Waals surface area contributed by atoms with E-state index in [-0.39, 0.29) is 29.9 Å². The third kappa shape index (κ3) is 9.65. The molecule has 0 saturated carbocycles. The van der Waals surface area contributed by atoms with Gasteiger partial charge in [0.2, 0.25) is 0 Å². The van der Waals surface area contributed by atoms with Crippen LogP contribution in [0.1, 0.15) is 73.9 Å². The normalized spacial score (nSPS) is 12.0. The first kappa shape index (κ1) is 32.3. The van der Waals surface area contributed by atoms with Crippen LogP contribution >= 0.6 is 8.58 Å². The molecule has 0 amide bonds. The number of unbranched alkanes of at least 4 members (excludes halogenated alkanes) is 4. The molecule has 196 valence electrons. The second-order valence-corrected chi connectivity index (χ2v) is 9.19. The molecule has 0 aliphatic carbocycles. The van der Waals surface area contributed by atoms with Crippen LogP contribution in [0.4, 0.5) is 26.3 Å². The number of ether oxygens (including phenoxy) is 2. The van der Waals surface area contributed by atoms with E-state index in [4.69, 9.17) is 9.47 Å². The van der Waals surface area contributed by atoms with Crippen molar-refractivity contribution >= 4 is 38.3 Å². The van der Waals surface area contributed by atoms with Gasteiger partial charge in [-0.05, 0) is 45.7 Å². The molecular formula is C25H30F6LiO3P. The minimum atomic E-state index is -5.12. The van der Waals surface area contributed by atoms with E-state index in [0.29, 0.717) is 43.6 Å². The number of alkyl halides is 6. The van der Waals surface area contributed by atoms with Crippen LogP contribution in [-0.2, 0) is 12.4 Å². The Kier molecular flexibility index (Phi) is 13.4. The third-order valence-corrected chi connectivity index (χ3v) is 6.29. The van der Waals surface area contributed by atoms with Crippen molar-refractivity contribution in [2.24, 2.45) is 0 Å². The van der Waals surface area contributed by atoms with Gasteiger partial charge in [0.1, 0.15) is 11.5 Å². The molecule has 0 N–H and O–H groups in total. The van der Waals surface area contributed by atoms with Crippen molar-refractivity contribution in [2.45, 2.75) is 64.7 Å². The summed E-state index contributed by atoms with van der Waals surface area (Å²) in [5.41, 5.74) is -5.85. The van der Waals surface area contributed by atoms with Gasteiger partial charge in [0, 0.05) is 16.9 Å². The van der Waals surface area contributed by atoms with E-state index >= 15 is 0 Å². The molecule has 2 aromatic carbocycles. The molecule has 0 aliphatic rings. The quantitative estimate of drug-likeness (QED) is 0.118. The average Bonchev–Trinajstić information content (AvgIpc) is 2.79. The Labute approximate surface area is 221 Å². The van der Waals surface area contributed by atoms with Crippen LogP contribution in [0.5, 0.6) is 11.5 Å². The number of hydrogen-bond acceptors (Lipinski definition) is 3. The van der Waals surface area contributed by atoms with Crippen LogP contribution < -0.4 is 14.8 Å². The second-order valence-electron chi connectivity index (χ2n) is 7.95. The van der Waals surface area contributed by atoms with Gasteiger partial charge in [-0.1, -0.05) is 45.6 Å². The minimum absolute atomic E-state index is 0. The van der Waals surface area contributed by atoms with Gasteiger partial charge in [-0.2, -0.15) is 26.3 Å². The predicted molar refractivity (Wildman–Crippen MR) is 132 cm³/mol. The molecule has 1 unspecified atom stereocenters. The van der Waals surface area contributed by atoms with E-state index in [0.717, 1.165) is 32.1 Å². The summed E-state index contributed by atoms with van der Waals surface area (Å²) in [5.74, 6) is 0.679. The fourth-order valence-electron chi connectivity index (χ4n) is 3.35. The van der Waals surface area contributed by atoms with E-state index in [2.05, 4.69) is 6.92 Å². The molecule has 2 aromatic rings. The Morgan fingerprint density at radius 2 is 1.33 bits per heavy atom. The monoisotopic (exact) mass is 530 g/mol. The zero-order valence-electron chi connectivity index (χ0n) is 19.6. The Morgan fingerprint density at radius 3 is 1.83 bits per heavy atom. The van der Waals surface area contributed by atoms with Crippen molar-refractivity contribution < 1.29 is 40.6 Å². The first-order valence-corrected chi connectivity index (χ1v) is 12.5. The molecule has 36 heavy (non-hydrogen) atoms. The molecule has 0 spiro atoms. The summed E-state index contributed by atoms with van der Waals surface area (Å²) in [4.78, 5) is 12.9. The first-order valence-electron chi connectivity index (χ1n) is 11.5. The van der Waals surface area contributed by atoms with E-state index < -0.39 is 43.1 Å². The van der Waals surface area contributed by atoms with Gasteiger partial charge >= 0.3 is 31.2 Å². The molecule has 2 rings (SSSR count). The molecule has 11 heteroatoms. The molecule has 0 heterocycles. The van der Waals surface area contributed by atoms with Crippen LogP contribution in [0.3, 0.4) is 0 Å². The molecule has 0 aromatic heterocycles. The zero-order chi connectivity index (χ0) is 26.1. The Bertz CT molecular complexity index is 947. The Morgan fingerprint density at radius 1 is 0.806 bits per heavy atom. The molecular weight excluding hydrogens is 500 g/mol. The Hall–Kier alpha value is -1.68. The number of benzene rings is 2. The molecule has 0 fully saturated rings. The molecule has 0 radical (unpaired) electrons. The van der Waals surface area contributed by atoms with Crippen molar-refractivity contribution in [3.63, 3.8) is 0 Å². The first-order chi connectivity index (χ1) is 16.5. The predicted octanol–water partition coefficient (Wildman–Crippen LogP) is 7.36. The summed E-state index contributed by atoms with van der Waals surface area (Å²) in [6.07, 6.45) is -4.88. The number of rotatable bonds is 13. The molecule has 1 atom stereocenters. The van der Waals surface area contributed by atoms with Gasteiger partial charge in [-0.15, -0.1) is 0 Å². The number of carbonyl (C=O) groups excluding carboxylic acids is 1. The van der Waals surface area contributed by atoms with Crippen molar-refractivity contribution in [1.82, 2.24) is 0 Å². The summed E-state index contributed by atoms with van der Waals surface area (Å²) >= 11 is 0.